The maximum atomic E-state index is 10.1. The first-order valence-corrected chi connectivity index (χ1v) is 8.94. The van der Waals surface area contributed by atoms with Crippen LogP contribution in [0, 0.1) is 0 Å². The first-order chi connectivity index (χ1) is 8.79. The van der Waals surface area contributed by atoms with Crippen molar-refractivity contribution in [3.8, 4) is 0 Å². The average Bonchev–Trinajstić information content (AvgIpc) is 1.86. The maximum absolute atomic E-state index is 10.1. The molecule has 0 amide bonds. The summed E-state index contributed by atoms with van der Waals surface area (Å²) >= 11 is -2.11. The minimum atomic E-state index is -2.11. The van der Waals surface area contributed by atoms with Gasteiger partial charge < -0.3 is 16.5 Å². The van der Waals surface area contributed by atoms with Gasteiger partial charge in [-0.2, -0.15) is 0 Å². The van der Waals surface area contributed by atoms with Crippen LogP contribution in [-0.2, 0) is 11.4 Å². The fourth-order valence-corrected chi connectivity index (χ4v) is 2.81. The van der Waals surface area contributed by atoms with E-state index in [1.54, 1.807) is 20.8 Å². The molecule has 6 heteroatoms. The summed E-state index contributed by atoms with van der Waals surface area (Å²) in [6, 6.07) is 0. The molecule has 0 spiro atoms. The molecule has 0 bridgehead atoms. The van der Waals surface area contributed by atoms with Crippen molar-refractivity contribution < 1.29 is 67.9 Å². The Morgan fingerprint density at radius 2 is 0.682 bits per heavy atom. The molecular weight excluding hydrogens is 322 g/mol. The predicted molar refractivity (Wildman–Crippen MR) is 88.0 cm³/mol. The smallest absolute Gasteiger partial charge is 0.850 e. The largest absolute Gasteiger partial charge is 1.00 e. The summed E-state index contributed by atoms with van der Waals surface area (Å²) in [5, 5.41) is 10.1. The van der Waals surface area contributed by atoms with Gasteiger partial charge in [0.25, 0.3) is 0 Å². The molecule has 4 nitrogen and oxygen atoms in total. The number of hydrogen-bond acceptors (Lipinski definition) is 4. The Morgan fingerprint density at radius 3 is 0.773 bits per heavy atom. The van der Waals surface area contributed by atoms with Crippen LogP contribution < -0.4 is 56.5 Å². The third kappa shape index (κ3) is 33.6. The Morgan fingerprint density at radius 1 is 0.545 bits per heavy atom. The molecule has 0 aliphatic heterocycles. The number of hydrogen-bond donors (Lipinski definition) is 0. The molecule has 0 aliphatic carbocycles. The fraction of sp³-hybridized carbons (Fsp3) is 1.00. The summed E-state index contributed by atoms with van der Waals surface area (Å²) in [6.07, 6.45) is 0. The molecule has 0 heterocycles. The first-order valence-electron chi connectivity index (χ1n) is 7.52. The molecule has 0 aliphatic rings. The Kier molecular flexibility index (Phi) is 14.2. The van der Waals surface area contributed by atoms with E-state index in [9.17, 15) is 5.11 Å². The zero-order valence-electron chi connectivity index (χ0n) is 17.2. The van der Waals surface area contributed by atoms with Gasteiger partial charge in [-0.15, -0.1) is 5.60 Å². The van der Waals surface area contributed by atoms with E-state index in [4.69, 9.17) is 11.4 Å². The van der Waals surface area contributed by atoms with E-state index < -0.39 is 20.8 Å². The Bertz CT molecular complexity index is 238. The molecule has 0 unspecified atom stereocenters. The van der Waals surface area contributed by atoms with E-state index in [2.05, 4.69) is 0 Å². The summed E-state index contributed by atoms with van der Waals surface area (Å²) in [4.78, 5) is 0. The molecular formula is C16H36AlKO4. The van der Waals surface area contributed by atoms with Gasteiger partial charge in [0.2, 0.25) is 0 Å². The molecule has 0 aromatic heterocycles. The van der Waals surface area contributed by atoms with Crippen LogP contribution in [0.2, 0.25) is 0 Å². The van der Waals surface area contributed by atoms with Crippen molar-refractivity contribution in [1.29, 1.82) is 0 Å². The van der Waals surface area contributed by atoms with Crippen LogP contribution in [-0.4, -0.2) is 37.6 Å². The van der Waals surface area contributed by atoms with Gasteiger partial charge in [-0.3, -0.25) is 0 Å². The summed E-state index contributed by atoms with van der Waals surface area (Å²) in [7, 11) is 0. The van der Waals surface area contributed by atoms with Crippen LogP contribution in [0.5, 0.6) is 0 Å². The predicted octanol–water partition coefficient (Wildman–Crippen LogP) is 0.566. The molecule has 0 N–H and O–H groups in total. The summed E-state index contributed by atoms with van der Waals surface area (Å²) < 4.78 is 17.7. The van der Waals surface area contributed by atoms with Crippen molar-refractivity contribution in [2.24, 2.45) is 0 Å². The Balaban J connectivity index is -0.000000520. The third-order valence-electron chi connectivity index (χ3n) is 1.35. The first kappa shape index (κ1) is 28.8. The molecule has 128 valence electrons. The van der Waals surface area contributed by atoms with Crippen LogP contribution in [0.1, 0.15) is 83.1 Å². The molecule has 0 saturated heterocycles. The van der Waals surface area contributed by atoms with Crippen molar-refractivity contribution in [1.82, 2.24) is 0 Å². The Hall–Kier alpha value is 2.01. The second-order valence-corrected chi connectivity index (χ2v) is 10.4. The summed E-state index contributed by atoms with van der Waals surface area (Å²) in [5.41, 5.74) is -1.44. The zero-order valence-corrected chi connectivity index (χ0v) is 21.5. The Labute approximate surface area is 186 Å². The van der Waals surface area contributed by atoms with E-state index in [0.717, 1.165) is 0 Å². The molecule has 0 rings (SSSR count). The fourth-order valence-electron chi connectivity index (χ4n) is 0.938. The minimum absolute atomic E-state index is 0. The number of rotatable bonds is 3. The quantitative estimate of drug-likeness (QED) is 0.692. The van der Waals surface area contributed by atoms with Gasteiger partial charge in [0, 0.05) is 16.8 Å². The second kappa shape index (κ2) is 10.9. The van der Waals surface area contributed by atoms with Crippen molar-refractivity contribution in [2.75, 3.05) is 0 Å². The second-order valence-electron chi connectivity index (χ2n) is 9.09. The average molecular weight is 359 g/mol. The maximum Gasteiger partial charge on any atom is 1.00 e. The van der Waals surface area contributed by atoms with E-state index in [1.165, 1.54) is 0 Å². The summed E-state index contributed by atoms with van der Waals surface area (Å²) in [6.45, 7) is 23.1. The van der Waals surface area contributed by atoms with E-state index in [1.807, 2.05) is 62.3 Å². The molecule has 0 aromatic carbocycles. The monoisotopic (exact) mass is 358 g/mol. The van der Waals surface area contributed by atoms with E-state index >= 15 is 0 Å². The van der Waals surface area contributed by atoms with Crippen LogP contribution in [0.4, 0.5) is 0 Å². The zero-order chi connectivity index (χ0) is 17.7. The normalized spacial score (nSPS) is 13.0. The van der Waals surface area contributed by atoms with Gasteiger partial charge in [0.05, 0.1) is 0 Å². The molecule has 22 heavy (non-hydrogen) atoms. The van der Waals surface area contributed by atoms with Gasteiger partial charge in [-0.25, -0.2) is 0 Å². The van der Waals surface area contributed by atoms with Crippen LogP contribution in [0.15, 0.2) is 0 Å². The van der Waals surface area contributed by atoms with E-state index in [0.29, 0.717) is 0 Å². The van der Waals surface area contributed by atoms with Crippen LogP contribution >= 0.6 is 0 Å². The van der Waals surface area contributed by atoms with Gasteiger partial charge in [0.1, 0.15) is 0 Å². The molecule has 0 radical (unpaired) electrons. The van der Waals surface area contributed by atoms with Crippen molar-refractivity contribution in [3.63, 3.8) is 0 Å². The van der Waals surface area contributed by atoms with Crippen LogP contribution in [0.25, 0.3) is 0 Å². The summed E-state index contributed by atoms with van der Waals surface area (Å²) in [5.74, 6) is 0. The van der Waals surface area contributed by atoms with Crippen LogP contribution in [0.3, 0.4) is 0 Å². The molecule has 0 fully saturated rings. The minimum Gasteiger partial charge on any atom is -0.850 e. The molecule has 0 aromatic rings. The molecule has 0 saturated carbocycles. The van der Waals surface area contributed by atoms with E-state index in [-0.39, 0.29) is 68.2 Å². The van der Waals surface area contributed by atoms with Crippen molar-refractivity contribution in [3.05, 3.63) is 0 Å². The SMILES string of the molecule is CC(C)(C)[O-].CC(C)(C)[O][Al]([O]C(C)(C)C)[O]C(C)(C)C.[K+]. The topological polar surface area (TPSA) is 50.8 Å². The molecule has 0 atom stereocenters. The van der Waals surface area contributed by atoms with Gasteiger partial charge in [-0.1, -0.05) is 20.8 Å². The third-order valence-corrected chi connectivity index (χ3v) is 4.05. The standard InChI is InChI=1S/4C4H9O.Al.K/c4*1-4(2,3)5;;/h4*1-3H3;;/q4*-1;+3;+1. The van der Waals surface area contributed by atoms with Crippen molar-refractivity contribution in [2.45, 2.75) is 105 Å². The van der Waals surface area contributed by atoms with Gasteiger partial charge >= 0.3 is 66.5 Å². The van der Waals surface area contributed by atoms with Gasteiger partial charge in [-0.05, 0) is 62.3 Å². The van der Waals surface area contributed by atoms with Gasteiger partial charge in [0.15, 0.2) is 0 Å². The van der Waals surface area contributed by atoms with Crippen molar-refractivity contribution >= 4 is 15.1 Å².